The van der Waals surface area contributed by atoms with Gasteiger partial charge >= 0.3 is 0 Å². The van der Waals surface area contributed by atoms with Crippen molar-refractivity contribution in [3.05, 3.63) is 164 Å². The number of anilines is 2. The Morgan fingerprint density at radius 2 is 1.21 bits per heavy atom. The van der Waals surface area contributed by atoms with Crippen molar-refractivity contribution in [3.8, 4) is 22.4 Å². The van der Waals surface area contributed by atoms with Gasteiger partial charge in [0, 0.05) is 52.7 Å². The van der Waals surface area contributed by atoms with E-state index in [1.807, 2.05) is 29.5 Å². The molecule has 3 nitrogen and oxygen atoms in total. The standard InChI is InChI=1S/C46H27BN3PS/c47-36-23-11-8-20-33(36)43-34-21-9-12-24-37(34)48-46(49-43)50-44-41(31-18-6-7-19-32(31)45-42(44)35-22-10-13-25-39(35)52-45)40-30-17-5-4-14-28(30)26-27-38(40)51(50)29-15-2-1-3-16-29/h1-27H. The van der Waals surface area contributed by atoms with E-state index in [2.05, 4.69) is 150 Å². The van der Waals surface area contributed by atoms with E-state index in [4.69, 9.17) is 17.8 Å². The van der Waals surface area contributed by atoms with Crippen LogP contribution in [0.1, 0.15) is 0 Å². The first-order valence-corrected chi connectivity index (χ1v) is 19.5. The lowest BCUT2D eigenvalue weighted by molar-refractivity contribution is 1.17. The molecule has 0 spiro atoms. The summed E-state index contributed by atoms with van der Waals surface area (Å²) in [6, 6.07) is 58.5. The van der Waals surface area contributed by atoms with Crippen molar-refractivity contribution in [1.82, 2.24) is 9.97 Å². The van der Waals surface area contributed by atoms with Crippen LogP contribution < -0.4 is 20.7 Å². The molecule has 1 aliphatic rings. The minimum atomic E-state index is -1.21. The summed E-state index contributed by atoms with van der Waals surface area (Å²) < 4.78 is 5.04. The topological polar surface area (TPSA) is 29.0 Å². The lowest BCUT2D eigenvalue weighted by Gasteiger charge is -2.40. The molecule has 3 heterocycles. The predicted octanol–water partition coefficient (Wildman–Crippen LogP) is 10.9. The van der Waals surface area contributed by atoms with Crippen molar-refractivity contribution in [1.29, 1.82) is 0 Å². The Morgan fingerprint density at radius 3 is 2.06 bits per heavy atom. The number of hydrogen-bond acceptors (Lipinski definition) is 4. The minimum Gasteiger partial charge on any atom is -0.279 e. The molecular weight excluding hydrogens is 668 g/mol. The molecular formula is C46H27BN3PS. The zero-order valence-electron chi connectivity index (χ0n) is 27.9. The Kier molecular flexibility index (Phi) is 6.64. The molecule has 1 aliphatic heterocycles. The highest BCUT2D eigenvalue weighted by Crippen LogP contribution is 2.62. The number of hydrogen-bond donors (Lipinski definition) is 0. The van der Waals surface area contributed by atoms with E-state index in [1.54, 1.807) is 0 Å². The van der Waals surface area contributed by atoms with Crippen LogP contribution in [0.4, 0.5) is 11.6 Å². The Balaban J connectivity index is 1.38. The second-order valence-electron chi connectivity index (χ2n) is 13.2. The summed E-state index contributed by atoms with van der Waals surface area (Å²) >= 11 is 1.87. The average Bonchev–Trinajstić information content (AvgIpc) is 3.60. The quantitative estimate of drug-likeness (QED) is 0.136. The third-order valence-electron chi connectivity index (χ3n) is 10.3. The maximum absolute atomic E-state index is 6.70. The SMILES string of the molecule is [B]c1ccccc1-c1nc(N2c3c(c4ccccc4c4sc5ccccc5c34)-c3c(ccc4ccccc34)P2c2ccccc2)nc2ccccc12. The van der Waals surface area contributed by atoms with Crippen LogP contribution in [0.5, 0.6) is 0 Å². The molecule has 0 saturated heterocycles. The Morgan fingerprint density at radius 1 is 0.538 bits per heavy atom. The van der Waals surface area contributed by atoms with E-state index in [0.29, 0.717) is 11.4 Å². The monoisotopic (exact) mass is 695 g/mol. The number of fused-ring (bicyclic) bond motifs is 13. The molecule has 1 atom stereocenters. The average molecular weight is 696 g/mol. The number of rotatable bonds is 3. The Hall–Kier alpha value is -5.87. The van der Waals surface area contributed by atoms with Crippen LogP contribution in [0.3, 0.4) is 0 Å². The van der Waals surface area contributed by atoms with Crippen LogP contribution in [-0.4, -0.2) is 17.8 Å². The van der Waals surface area contributed by atoms with Gasteiger partial charge in [0.25, 0.3) is 0 Å². The highest BCUT2D eigenvalue weighted by molar-refractivity contribution is 7.75. The maximum atomic E-state index is 6.70. The normalized spacial score (nSPS) is 14.0. The van der Waals surface area contributed by atoms with Gasteiger partial charge in [0.05, 0.1) is 25.0 Å². The van der Waals surface area contributed by atoms with E-state index < -0.39 is 8.07 Å². The highest BCUT2D eigenvalue weighted by Gasteiger charge is 2.39. The molecule has 2 radical (unpaired) electrons. The third-order valence-corrected chi connectivity index (χ3v) is 13.9. The Labute approximate surface area is 307 Å². The zero-order valence-corrected chi connectivity index (χ0v) is 29.6. The van der Waals surface area contributed by atoms with Gasteiger partial charge in [-0.25, -0.2) is 9.97 Å². The number of thiophene rings is 1. The number of benzene rings is 8. The van der Waals surface area contributed by atoms with E-state index in [-0.39, 0.29) is 0 Å². The summed E-state index contributed by atoms with van der Waals surface area (Å²) in [5.41, 5.74) is 6.99. The fourth-order valence-electron chi connectivity index (χ4n) is 8.08. The predicted molar refractivity (Wildman–Crippen MR) is 225 cm³/mol. The second-order valence-corrected chi connectivity index (χ2v) is 16.3. The molecule has 0 aliphatic carbocycles. The number of nitrogens with zero attached hydrogens (tertiary/aromatic N) is 3. The van der Waals surface area contributed by atoms with Gasteiger partial charge in [0.15, 0.2) is 0 Å². The van der Waals surface area contributed by atoms with Gasteiger partial charge in [-0.3, -0.25) is 4.67 Å². The van der Waals surface area contributed by atoms with Crippen molar-refractivity contribution < 1.29 is 0 Å². The van der Waals surface area contributed by atoms with E-state index in [0.717, 1.165) is 27.8 Å². The number of aromatic nitrogens is 2. The fraction of sp³-hybridized carbons (Fsp3) is 0. The summed E-state index contributed by atoms with van der Waals surface area (Å²) in [4.78, 5) is 11.0. The van der Waals surface area contributed by atoms with Gasteiger partial charge in [-0.2, -0.15) is 0 Å². The molecule has 0 fully saturated rings. The second kappa shape index (κ2) is 11.6. The van der Waals surface area contributed by atoms with Crippen LogP contribution in [0.2, 0.25) is 0 Å². The van der Waals surface area contributed by atoms with Gasteiger partial charge < -0.3 is 0 Å². The van der Waals surface area contributed by atoms with E-state index in [9.17, 15) is 0 Å². The third kappa shape index (κ3) is 4.30. The van der Waals surface area contributed by atoms with Gasteiger partial charge in [-0.15, -0.1) is 11.3 Å². The molecule has 0 amide bonds. The summed E-state index contributed by atoms with van der Waals surface area (Å²) in [5, 5.41) is 11.0. The first-order valence-electron chi connectivity index (χ1n) is 17.4. The van der Waals surface area contributed by atoms with Crippen LogP contribution in [0, 0.1) is 0 Å². The summed E-state index contributed by atoms with van der Waals surface area (Å²) in [6.07, 6.45) is 0. The molecule has 0 saturated carbocycles. The lowest BCUT2D eigenvalue weighted by atomic mass is 9.88. The van der Waals surface area contributed by atoms with Crippen LogP contribution in [0.15, 0.2) is 164 Å². The van der Waals surface area contributed by atoms with E-state index >= 15 is 0 Å². The smallest absolute Gasteiger partial charge is 0.235 e. The highest BCUT2D eigenvalue weighted by atomic mass is 32.1. The molecule has 10 aromatic rings. The molecule has 52 heavy (non-hydrogen) atoms. The van der Waals surface area contributed by atoms with Crippen LogP contribution >= 0.6 is 19.4 Å². The molecule has 8 aromatic carbocycles. The van der Waals surface area contributed by atoms with Gasteiger partial charge in [-0.1, -0.05) is 157 Å². The van der Waals surface area contributed by atoms with Gasteiger partial charge in [0.2, 0.25) is 5.95 Å². The van der Waals surface area contributed by atoms with Crippen molar-refractivity contribution >= 4 is 108 Å². The Bertz CT molecular complexity index is 3070. The van der Waals surface area contributed by atoms with Crippen molar-refractivity contribution in [2.24, 2.45) is 0 Å². The largest absolute Gasteiger partial charge is 0.279 e. The zero-order chi connectivity index (χ0) is 34.3. The first kappa shape index (κ1) is 29.8. The molecule has 6 heteroatoms. The van der Waals surface area contributed by atoms with Gasteiger partial charge in [-0.05, 0) is 33.9 Å². The molecule has 0 N–H and O–H groups in total. The fourth-order valence-corrected chi connectivity index (χ4v) is 11.8. The summed E-state index contributed by atoms with van der Waals surface area (Å²) in [6.45, 7) is 0. The van der Waals surface area contributed by atoms with Crippen molar-refractivity contribution in [2.75, 3.05) is 4.67 Å². The van der Waals surface area contributed by atoms with E-state index in [1.165, 1.54) is 63.5 Å². The molecule has 1 unspecified atom stereocenters. The summed E-state index contributed by atoms with van der Waals surface area (Å²) in [7, 11) is 5.49. The van der Waals surface area contributed by atoms with Crippen molar-refractivity contribution in [3.63, 3.8) is 0 Å². The first-order chi connectivity index (χ1) is 25.7. The van der Waals surface area contributed by atoms with Crippen LogP contribution in [-0.2, 0) is 0 Å². The van der Waals surface area contributed by atoms with Crippen LogP contribution in [0.25, 0.3) is 75.0 Å². The number of para-hydroxylation sites is 1. The van der Waals surface area contributed by atoms with Gasteiger partial charge in [0.1, 0.15) is 7.85 Å². The maximum Gasteiger partial charge on any atom is 0.235 e. The lowest BCUT2D eigenvalue weighted by Crippen LogP contribution is -2.31. The minimum absolute atomic E-state index is 0.666. The molecule has 2 aromatic heterocycles. The van der Waals surface area contributed by atoms with Crippen molar-refractivity contribution in [2.45, 2.75) is 0 Å². The molecule has 240 valence electrons. The molecule has 0 bridgehead atoms. The molecule has 11 rings (SSSR count). The summed E-state index contributed by atoms with van der Waals surface area (Å²) in [5.74, 6) is 0.666.